The minimum atomic E-state index is -0.302. The molecule has 0 amide bonds. The fourth-order valence-electron chi connectivity index (χ4n) is 1.85. The van der Waals surface area contributed by atoms with Crippen LogP contribution in [0, 0.1) is 0 Å². The van der Waals surface area contributed by atoms with Crippen molar-refractivity contribution in [2.75, 3.05) is 17.3 Å². The van der Waals surface area contributed by atoms with Crippen LogP contribution in [0.2, 0.25) is 0 Å². The van der Waals surface area contributed by atoms with E-state index >= 15 is 0 Å². The molecule has 2 unspecified atom stereocenters. The molecule has 1 aliphatic heterocycles. The van der Waals surface area contributed by atoms with Crippen LogP contribution in [-0.4, -0.2) is 27.6 Å². The second-order valence-electron chi connectivity index (χ2n) is 4.02. The first kappa shape index (κ1) is 12.3. The van der Waals surface area contributed by atoms with Crippen molar-refractivity contribution in [2.24, 2.45) is 0 Å². The zero-order valence-electron chi connectivity index (χ0n) is 9.56. The van der Waals surface area contributed by atoms with E-state index in [-0.39, 0.29) is 6.10 Å². The van der Waals surface area contributed by atoms with Crippen molar-refractivity contribution in [2.45, 2.75) is 24.7 Å². The number of benzene rings is 1. The highest BCUT2D eigenvalue weighted by atomic mass is 32.2. The normalized spacial score (nSPS) is 23.0. The maximum atomic E-state index is 10.3. The van der Waals surface area contributed by atoms with Crippen molar-refractivity contribution in [3.05, 3.63) is 35.4 Å². The summed E-state index contributed by atoms with van der Waals surface area (Å²) >= 11 is 3.86. The van der Waals surface area contributed by atoms with E-state index in [0.717, 1.165) is 17.7 Å². The van der Waals surface area contributed by atoms with Gasteiger partial charge in [-0.15, -0.1) is 0 Å². The highest BCUT2D eigenvalue weighted by molar-refractivity contribution is 8.06. The van der Waals surface area contributed by atoms with Gasteiger partial charge >= 0.3 is 0 Å². The van der Waals surface area contributed by atoms with Crippen LogP contribution in [0.4, 0.5) is 0 Å². The Hall–Kier alpha value is -0.120. The van der Waals surface area contributed by atoms with Crippen molar-refractivity contribution in [1.29, 1.82) is 0 Å². The van der Waals surface area contributed by atoms with Gasteiger partial charge in [0.2, 0.25) is 0 Å². The molecule has 0 saturated carbocycles. The molecule has 1 heterocycles. The van der Waals surface area contributed by atoms with Crippen molar-refractivity contribution < 1.29 is 5.11 Å². The number of hydrogen-bond donors (Lipinski definition) is 1. The monoisotopic (exact) mass is 254 g/mol. The summed E-state index contributed by atoms with van der Waals surface area (Å²) in [6.07, 6.45) is 0.758. The third kappa shape index (κ3) is 2.96. The van der Waals surface area contributed by atoms with Gasteiger partial charge in [-0.3, -0.25) is 0 Å². The fourth-order valence-corrected chi connectivity index (χ4v) is 4.61. The Balaban J connectivity index is 2.04. The van der Waals surface area contributed by atoms with Crippen molar-refractivity contribution in [1.82, 2.24) is 0 Å². The van der Waals surface area contributed by atoms with Crippen LogP contribution in [0.5, 0.6) is 0 Å². The van der Waals surface area contributed by atoms with E-state index in [1.165, 1.54) is 17.1 Å². The van der Waals surface area contributed by atoms with Gasteiger partial charge in [0.25, 0.3) is 0 Å². The lowest BCUT2D eigenvalue weighted by Crippen LogP contribution is -2.22. The molecule has 0 spiro atoms. The Labute approximate surface area is 106 Å². The predicted molar refractivity (Wildman–Crippen MR) is 74.4 cm³/mol. The quantitative estimate of drug-likeness (QED) is 0.895. The molecule has 0 aliphatic carbocycles. The molecule has 1 aromatic rings. The van der Waals surface area contributed by atoms with Gasteiger partial charge < -0.3 is 5.11 Å². The molecule has 16 heavy (non-hydrogen) atoms. The third-order valence-electron chi connectivity index (χ3n) is 2.92. The SMILES string of the molecule is CCc1ccc(C(O)C2CSCCS2)cc1. The Morgan fingerprint density at radius 2 is 2.06 bits per heavy atom. The van der Waals surface area contributed by atoms with Gasteiger partial charge in [0, 0.05) is 22.5 Å². The summed E-state index contributed by atoms with van der Waals surface area (Å²) < 4.78 is 0. The Kier molecular flexibility index (Phi) is 4.62. The average Bonchev–Trinajstić information content (AvgIpc) is 2.39. The molecular formula is C13H18OS2. The van der Waals surface area contributed by atoms with E-state index < -0.39 is 0 Å². The van der Waals surface area contributed by atoms with Crippen molar-refractivity contribution >= 4 is 23.5 Å². The minimum absolute atomic E-state index is 0.302. The topological polar surface area (TPSA) is 20.2 Å². The maximum Gasteiger partial charge on any atom is 0.0916 e. The molecule has 2 rings (SSSR count). The van der Waals surface area contributed by atoms with E-state index in [1.54, 1.807) is 0 Å². The Morgan fingerprint density at radius 1 is 1.31 bits per heavy atom. The molecule has 1 nitrogen and oxygen atoms in total. The summed E-state index contributed by atoms with van der Waals surface area (Å²) in [5.41, 5.74) is 2.40. The van der Waals surface area contributed by atoms with Gasteiger partial charge in [-0.2, -0.15) is 23.5 Å². The Morgan fingerprint density at radius 3 is 2.62 bits per heavy atom. The van der Waals surface area contributed by atoms with Crippen molar-refractivity contribution in [3.63, 3.8) is 0 Å². The van der Waals surface area contributed by atoms with Crippen LogP contribution >= 0.6 is 23.5 Å². The highest BCUT2D eigenvalue weighted by Crippen LogP contribution is 2.33. The van der Waals surface area contributed by atoms with Gasteiger partial charge in [0.15, 0.2) is 0 Å². The maximum absolute atomic E-state index is 10.3. The van der Waals surface area contributed by atoms with Crippen LogP contribution in [-0.2, 0) is 6.42 Å². The summed E-state index contributed by atoms with van der Waals surface area (Å²) in [4.78, 5) is 0. The highest BCUT2D eigenvalue weighted by Gasteiger charge is 2.23. The molecule has 0 radical (unpaired) electrons. The van der Waals surface area contributed by atoms with Gasteiger partial charge in [0.1, 0.15) is 0 Å². The lowest BCUT2D eigenvalue weighted by atomic mass is 10.0. The summed E-state index contributed by atoms with van der Waals surface area (Å²) in [5.74, 6) is 3.46. The summed E-state index contributed by atoms with van der Waals surface area (Å²) in [5, 5.41) is 10.6. The molecule has 88 valence electrons. The van der Waals surface area contributed by atoms with Gasteiger partial charge in [-0.25, -0.2) is 0 Å². The van der Waals surface area contributed by atoms with Crippen LogP contribution in [0.15, 0.2) is 24.3 Å². The lowest BCUT2D eigenvalue weighted by Gasteiger charge is -2.26. The lowest BCUT2D eigenvalue weighted by molar-refractivity contribution is 0.180. The van der Waals surface area contributed by atoms with E-state index in [4.69, 9.17) is 0 Å². The van der Waals surface area contributed by atoms with Crippen LogP contribution < -0.4 is 0 Å². The average molecular weight is 254 g/mol. The number of aliphatic hydroxyl groups excluding tert-OH is 1. The van der Waals surface area contributed by atoms with Gasteiger partial charge in [-0.1, -0.05) is 31.2 Å². The summed E-state index contributed by atoms with van der Waals surface area (Å²) in [6.45, 7) is 2.15. The molecule has 1 aliphatic rings. The standard InChI is InChI=1S/C13H18OS2/c1-2-10-3-5-11(6-4-10)13(14)12-9-15-7-8-16-12/h3-6,12-14H,2,7-9H2,1H3. The molecule has 1 saturated heterocycles. The molecule has 3 heteroatoms. The fraction of sp³-hybridized carbons (Fsp3) is 0.538. The largest absolute Gasteiger partial charge is 0.387 e. The minimum Gasteiger partial charge on any atom is -0.387 e. The first-order valence-electron chi connectivity index (χ1n) is 5.77. The van der Waals surface area contributed by atoms with Crippen LogP contribution in [0.1, 0.15) is 24.2 Å². The second kappa shape index (κ2) is 5.99. The van der Waals surface area contributed by atoms with Crippen LogP contribution in [0.25, 0.3) is 0 Å². The van der Waals surface area contributed by atoms with Crippen molar-refractivity contribution in [3.8, 4) is 0 Å². The van der Waals surface area contributed by atoms with E-state index in [2.05, 4.69) is 31.2 Å². The smallest absolute Gasteiger partial charge is 0.0916 e. The second-order valence-corrected chi connectivity index (χ2v) is 6.52. The molecule has 1 aromatic carbocycles. The van der Waals surface area contributed by atoms with E-state index in [1.807, 2.05) is 23.5 Å². The number of aliphatic hydroxyl groups is 1. The molecule has 0 aromatic heterocycles. The number of rotatable bonds is 3. The number of aryl methyl sites for hydroxylation is 1. The summed E-state index contributed by atoms with van der Waals surface area (Å²) in [7, 11) is 0. The third-order valence-corrected chi connectivity index (χ3v) is 5.77. The van der Waals surface area contributed by atoms with E-state index in [0.29, 0.717) is 5.25 Å². The molecule has 2 atom stereocenters. The first-order chi connectivity index (χ1) is 7.81. The molecule has 1 fully saturated rings. The van der Waals surface area contributed by atoms with Gasteiger partial charge in [-0.05, 0) is 17.5 Å². The number of hydrogen-bond acceptors (Lipinski definition) is 3. The zero-order chi connectivity index (χ0) is 11.4. The van der Waals surface area contributed by atoms with E-state index in [9.17, 15) is 5.11 Å². The zero-order valence-corrected chi connectivity index (χ0v) is 11.2. The predicted octanol–water partition coefficient (Wildman–Crippen LogP) is 3.13. The number of thioether (sulfide) groups is 2. The Bertz CT molecular complexity index is 317. The molecule has 0 bridgehead atoms. The first-order valence-corrected chi connectivity index (χ1v) is 7.98. The molecular weight excluding hydrogens is 236 g/mol. The molecule has 1 N–H and O–H groups in total. The summed E-state index contributed by atoms with van der Waals surface area (Å²) in [6, 6.07) is 8.39. The van der Waals surface area contributed by atoms with Gasteiger partial charge in [0.05, 0.1) is 6.10 Å². The van der Waals surface area contributed by atoms with Crippen LogP contribution in [0.3, 0.4) is 0 Å².